The van der Waals surface area contributed by atoms with Crippen molar-refractivity contribution in [3.05, 3.63) is 96.7 Å². The highest BCUT2D eigenvalue weighted by atomic mass is 16.3. The van der Waals surface area contributed by atoms with Gasteiger partial charge in [-0.1, -0.05) is 48.5 Å². The molecule has 0 saturated heterocycles. The maximum absolute atomic E-state index is 12.6. The molecule has 0 bridgehead atoms. The lowest BCUT2D eigenvalue weighted by molar-refractivity contribution is 0.102. The topological polar surface area (TPSA) is 75.1 Å². The lowest BCUT2D eigenvalue weighted by Crippen LogP contribution is -2.14. The van der Waals surface area contributed by atoms with Crippen LogP contribution in [-0.2, 0) is 0 Å². The van der Waals surface area contributed by atoms with Crippen molar-refractivity contribution >= 4 is 11.7 Å². The Bertz CT molecular complexity index is 1100. The lowest BCUT2D eigenvalue weighted by Gasteiger charge is -2.12. The number of nitrogens with zero attached hydrogens (tertiary/aromatic N) is 2. The summed E-state index contributed by atoms with van der Waals surface area (Å²) in [4.78, 5) is 21.8. The molecule has 1 aromatic heterocycles. The zero-order valence-corrected chi connectivity index (χ0v) is 14.9. The number of carbonyl (C=O) groups is 1. The first-order chi connectivity index (χ1) is 13.7. The van der Waals surface area contributed by atoms with Crippen LogP contribution in [0, 0.1) is 0 Å². The van der Waals surface area contributed by atoms with Gasteiger partial charge in [0.05, 0.1) is 11.9 Å². The van der Waals surface area contributed by atoms with E-state index < -0.39 is 0 Å². The number of hydrogen-bond donors (Lipinski definition) is 2. The summed E-state index contributed by atoms with van der Waals surface area (Å²) >= 11 is 0. The highest BCUT2D eigenvalue weighted by molar-refractivity contribution is 6.05. The molecule has 0 spiro atoms. The molecule has 136 valence electrons. The average molecular weight is 367 g/mol. The van der Waals surface area contributed by atoms with E-state index in [0.717, 1.165) is 11.1 Å². The first-order valence-corrected chi connectivity index (χ1v) is 8.79. The molecule has 0 saturated carbocycles. The molecule has 3 aromatic carbocycles. The summed E-state index contributed by atoms with van der Waals surface area (Å²) in [5, 5.41) is 12.4. The van der Waals surface area contributed by atoms with Crippen LogP contribution in [0.2, 0.25) is 0 Å². The molecule has 1 amide bonds. The van der Waals surface area contributed by atoms with E-state index in [-0.39, 0.29) is 11.7 Å². The van der Waals surface area contributed by atoms with Gasteiger partial charge >= 0.3 is 0 Å². The van der Waals surface area contributed by atoms with Gasteiger partial charge in [-0.15, -0.1) is 0 Å². The van der Waals surface area contributed by atoms with E-state index in [1.54, 1.807) is 42.6 Å². The van der Waals surface area contributed by atoms with Crippen LogP contribution in [0.25, 0.3) is 22.5 Å². The SMILES string of the molecule is O=C(Nc1ncc(-c2ccc(O)cc2)nc1-c1ccccc1)c1ccccc1. The number of phenolic OH excluding ortho intramolecular Hbond substituents is 1. The van der Waals surface area contributed by atoms with Gasteiger partial charge in [0, 0.05) is 16.7 Å². The molecule has 0 aliphatic carbocycles. The molecule has 5 nitrogen and oxygen atoms in total. The Labute approximate surface area is 162 Å². The fraction of sp³-hybridized carbons (Fsp3) is 0. The van der Waals surface area contributed by atoms with E-state index in [1.807, 2.05) is 48.5 Å². The number of phenols is 1. The summed E-state index contributed by atoms with van der Waals surface area (Å²) in [6.07, 6.45) is 1.61. The third-order valence-electron chi connectivity index (χ3n) is 4.25. The lowest BCUT2D eigenvalue weighted by atomic mass is 10.1. The molecule has 5 heteroatoms. The molecular weight excluding hydrogens is 350 g/mol. The van der Waals surface area contributed by atoms with Crippen molar-refractivity contribution in [2.45, 2.75) is 0 Å². The molecule has 4 aromatic rings. The van der Waals surface area contributed by atoms with Crippen molar-refractivity contribution in [2.75, 3.05) is 5.32 Å². The van der Waals surface area contributed by atoms with Crippen molar-refractivity contribution in [3.63, 3.8) is 0 Å². The first-order valence-electron chi connectivity index (χ1n) is 8.79. The maximum atomic E-state index is 12.6. The van der Waals surface area contributed by atoms with Crippen molar-refractivity contribution in [3.8, 4) is 28.3 Å². The van der Waals surface area contributed by atoms with Crippen LogP contribution in [0.1, 0.15) is 10.4 Å². The molecule has 2 N–H and O–H groups in total. The first kappa shape index (κ1) is 17.4. The smallest absolute Gasteiger partial charge is 0.256 e. The fourth-order valence-corrected chi connectivity index (χ4v) is 2.82. The van der Waals surface area contributed by atoms with E-state index >= 15 is 0 Å². The van der Waals surface area contributed by atoms with Gasteiger partial charge in [0.2, 0.25) is 0 Å². The summed E-state index contributed by atoms with van der Waals surface area (Å²) in [5.74, 6) is 0.332. The second kappa shape index (κ2) is 7.72. The van der Waals surface area contributed by atoms with Crippen LogP contribution in [0.5, 0.6) is 5.75 Å². The number of nitrogens with one attached hydrogen (secondary N) is 1. The minimum Gasteiger partial charge on any atom is -0.508 e. The number of amides is 1. The molecule has 4 rings (SSSR count). The zero-order valence-electron chi connectivity index (χ0n) is 14.9. The minimum atomic E-state index is -0.246. The number of aromatic nitrogens is 2. The molecular formula is C23H17N3O2. The Hall–Kier alpha value is -3.99. The summed E-state index contributed by atoms with van der Waals surface area (Å²) in [7, 11) is 0. The monoisotopic (exact) mass is 367 g/mol. The van der Waals surface area contributed by atoms with Crippen LogP contribution in [0.4, 0.5) is 5.82 Å². The largest absolute Gasteiger partial charge is 0.508 e. The van der Waals surface area contributed by atoms with E-state index in [1.165, 1.54) is 0 Å². The number of aromatic hydroxyl groups is 1. The third-order valence-corrected chi connectivity index (χ3v) is 4.25. The Morgan fingerprint density at radius 3 is 2.11 bits per heavy atom. The van der Waals surface area contributed by atoms with Gasteiger partial charge in [-0.05, 0) is 36.4 Å². The number of hydrogen-bond acceptors (Lipinski definition) is 4. The van der Waals surface area contributed by atoms with E-state index in [4.69, 9.17) is 4.98 Å². The van der Waals surface area contributed by atoms with Crippen LogP contribution in [0.15, 0.2) is 91.1 Å². The fourth-order valence-electron chi connectivity index (χ4n) is 2.82. The van der Waals surface area contributed by atoms with Gasteiger partial charge in [-0.2, -0.15) is 0 Å². The van der Waals surface area contributed by atoms with Crippen LogP contribution >= 0.6 is 0 Å². The average Bonchev–Trinajstić information content (AvgIpc) is 2.76. The van der Waals surface area contributed by atoms with Crippen LogP contribution in [0.3, 0.4) is 0 Å². The van der Waals surface area contributed by atoms with Gasteiger partial charge in [0.15, 0.2) is 5.82 Å². The highest BCUT2D eigenvalue weighted by Crippen LogP contribution is 2.28. The molecule has 0 aliphatic rings. The summed E-state index contributed by atoms with van der Waals surface area (Å²) < 4.78 is 0. The number of rotatable bonds is 4. The molecule has 0 atom stereocenters. The molecule has 0 unspecified atom stereocenters. The highest BCUT2D eigenvalue weighted by Gasteiger charge is 2.14. The Kier molecular flexibility index (Phi) is 4.80. The summed E-state index contributed by atoms with van der Waals surface area (Å²) in [6, 6.07) is 25.3. The zero-order chi connectivity index (χ0) is 19.3. The number of benzene rings is 3. The number of anilines is 1. The molecule has 0 aliphatic heterocycles. The third kappa shape index (κ3) is 3.73. The molecule has 0 fully saturated rings. The second-order valence-corrected chi connectivity index (χ2v) is 6.19. The van der Waals surface area contributed by atoms with Crippen LogP contribution in [-0.4, -0.2) is 21.0 Å². The normalized spacial score (nSPS) is 10.4. The van der Waals surface area contributed by atoms with Crippen molar-refractivity contribution in [1.29, 1.82) is 0 Å². The molecule has 0 radical (unpaired) electrons. The van der Waals surface area contributed by atoms with Gasteiger partial charge < -0.3 is 10.4 Å². The van der Waals surface area contributed by atoms with Gasteiger partial charge in [0.25, 0.3) is 5.91 Å². The van der Waals surface area contributed by atoms with Crippen molar-refractivity contribution in [2.24, 2.45) is 0 Å². The van der Waals surface area contributed by atoms with Gasteiger partial charge in [0.1, 0.15) is 11.4 Å². The van der Waals surface area contributed by atoms with Gasteiger partial charge in [-0.25, -0.2) is 9.97 Å². The van der Waals surface area contributed by atoms with Crippen molar-refractivity contribution in [1.82, 2.24) is 9.97 Å². The Balaban J connectivity index is 1.75. The quantitative estimate of drug-likeness (QED) is 0.545. The van der Waals surface area contributed by atoms with E-state index in [0.29, 0.717) is 22.8 Å². The van der Waals surface area contributed by atoms with Crippen molar-refractivity contribution < 1.29 is 9.90 Å². The molecule has 1 heterocycles. The Morgan fingerprint density at radius 2 is 1.43 bits per heavy atom. The summed E-state index contributed by atoms with van der Waals surface area (Å²) in [5.41, 5.74) is 3.44. The standard InChI is InChI=1S/C23H17N3O2/c27-19-13-11-16(12-14-19)20-15-24-22(21(25-20)17-7-3-1-4-8-17)26-23(28)18-9-5-2-6-10-18/h1-15,27H,(H,24,26,28). The number of carbonyl (C=O) groups excluding carboxylic acids is 1. The van der Waals surface area contributed by atoms with Crippen LogP contribution < -0.4 is 5.32 Å². The predicted molar refractivity (Wildman–Crippen MR) is 109 cm³/mol. The minimum absolute atomic E-state index is 0.187. The van der Waals surface area contributed by atoms with Gasteiger partial charge in [-0.3, -0.25) is 4.79 Å². The predicted octanol–water partition coefficient (Wildman–Crippen LogP) is 4.77. The maximum Gasteiger partial charge on any atom is 0.256 e. The van der Waals surface area contributed by atoms with E-state index in [2.05, 4.69) is 10.3 Å². The molecule has 28 heavy (non-hydrogen) atoms. The van der Waals surface area contributed by atoms with E-state index in [9.17, 15) is 9.90 Å². The Morgan fingerprint density at radius 1 is 0.786 bits per heavy atom. The second-order valence-electron chi connectivity index (χ2n) is 6.19. The summed E-state index contributed by atoms with van der Waals surface area (Å²) in [6.45, 7) is 0.